The third-order valence-corrected chi connectivity index (χ3v) is 3.11. The molecule has 0 aliphatic rings. The second-order valence-electron chi connectivity index (χ2n) is 5.22. The lowest BCUT2D eigenvalue weighted by molar-refractivity contribution is 0.0827. The average molecular weight is 297 g/mol. The molecule has 2 rings (SSSR count). The van der Waals surface area contributed by atoms with Crippen LogP contribution in [-0.4, -0.2) is 30.9 Å². The molecular weight excluding hydrogens is 278 g/mol. The highest BCUT2D eigenvalue weighted by Gasteiger charge is 2.08. The Bertz CT molecular complexity index is 661. The molecule has 2 aromatic rings. The molecule has 0 radical (unpaired) electrons. The number of nitrogens with zero attached hydrogens (tertiary/aromatic N) is 1. The summed E-state index contributed by atoms with van der Waals surface area (Å²) in [6.07, 6.45) is 0. The first-order valence-corrected chi connectivity index (χ1v) is 6.92. The lowest BCUT2D eigenvalue weighted by atomic mass is 10.2. The molecule has 3 amide bonds. The normalized spacial score (nSPS) is 9.95. The molecule has 22 heavy (non-hydrogen) atoms. The van der Waals surface area contributed by atoms with E-state index >= 15 is 0 Å². The maximum absolute atomic E-state index is 11.9. The first-order valence-electron chi connectivity index (χ1n) is 6.92. The van der Waals surface area contributed by atoms with E-state index < -0.39 is 0 Å². The number of carbonyl (C=O) groups excluding carboxylic acids is 2. The topological polar surface area (TPSA) is 61.4 Å². The number of hydrogen-bond donors (Lipinski definition) is 2. The van der Waals surface area contributed by atoms with Crippen molar-refractivity contribution < 1.29 is 9.59 Å². The van der Waals surface area contributed by atoms with Crippen molar-refractivity contribution in [3.63, 3.8) is 0 Å². The van der Waals surface area contributed by atoms with Gasteiger partial charge in [0, 0.05) is 31.0 Å². The fourth-order valence-electron chi connectivity index (χ4n) is 1.88. The summed E-state index contributed by atoms with van der Waals surface area (Å²) in [5.74, 6) is -0.0735. The van der Waals surface area contributed by atoms with Crippen molar-refractivity contribution in [3.8, 4) is 0 Å². The largest absolute Gasteiger partial charge is 0.345 e. The first-order chi connectivity index (χ1) is 10.5. The number of hydrogen-bond acceptors (Lipinski definition) is 2. The molecule has 0 unspecified atom stereocenters. The summed E-state index contributed by atoms with van der Waals surface area (Å²) in [6.45, 7) is 1.99. The van der Waals surface area contributed by atoms with Crippen molar-refractivity contribution in [3.05, 3.63) is 59.7 Å². The maximum Gasteiger partial charge on any atom is 0.323 e. The van der Waals surface area contributed by atoms with E-state index in [0.717, 1.165) is 11.3 Å². The van der Waals surface area contributed by atoms with Crippen LogP contribution in [0.5, 0.6) is 0 Å². The summed E-state index contributed by atoms with van der Waals surface area (Å²) in [5, 5.41) is 5.47. The molecule has 0 saturated heterocycles. The van der Waals surface area contributed by atoms with Crippen molar-refractivity contribution in [1.82, 2.24) is 4.90 Å². The number of anilines is 2. The van der Waals surface area contributed by atoms with Gasteiger partial charge < -0.3 is 15.5 Å². The number of nitrogens with one attached hydrogen (secondary N) is 2. The van der Waals surface area contributed by atoms with Crippen molar-refractivity contribution in [2.45, 2.75) is 6.92 Å². The number of benzene rings is 2. The summed E-state index contributed by atoms with van der Waals surface area (Å²) in [6, 6.07) is 14.0. The molecule has 0 spiro atoms. The Kier molecular flexibility index (Phi) is 4.78. The molecule has 0 bridgehead atoms. The molecule has 0 aromatic heterocycles. The van der Waals surface area contributed by atoms with E-state index in [-0.39, 0.29) is 11.9 Å². The van der Waals surface area contributed by atoms with Gasteiger partial charge in [0.05, 0.1) is 0 Å². The van der Waals surface area contributed by atoms with Crippen molar-refractivity contribution >= 4 is 23.3 Å². The first kappa shape index (κ1) is 15.6. The van der Waals surface area contributed by atoms with Gasteiger partial charge in [-0.3, -0.25) is 4.79 Å². The van der Waals surface area contributed by atoms with Gasteiger partial charge in [-0.25, -0.2) is 4.79 Å². The van der Waals surface area contributed by atoms with E-state index in [4.69, 9.17) is 0 Å². The zero-order valence-electron chi connectivity index (χ0n) is 12.9. The molecule has 2 aromatic carbocycles. The third-order valence-electron chi connectivity index (χ3n) is 3.11. The molecule has 0 aliphatic carbocycles. The van der Waals surface area contributed by atoms with Crippen LogP contribution in [0.25, 0.3) is 0 Å². The number of urea groups is 1. The smallest absolute Gasteiger partial charge is 0.323 e. The Morgan fingerprint density at radius 1 is 0.818 bits per heavy atom. The van der Waals surface area contributed by atoms with Crippen LogP contribution in [0.15, 0.2) is 48.5 Å². The SMILES string of the molecule is Cc1ccc(NC(=O)Nc2ccc(C(=O)N(C)C)cc2)cc1. The van der Waals surface area contributed by atoms with Crippen molar-refractivity contribution in [2.24, 2.45) is 0 Å². The number of rotatable bonds is 3. The Balaban J connectivity index is 1.97. The van der Waals surface area contributed by atoms with Crippen LogP contribution in [-0.2, 0) is 0 Å². The summed E-state index contributed by atoms with van der Waals surface area (Å²) in [4.78, 5) is 25.2. The molecule has 0 heterocycles. The van der Waals surface area contributed by atoms with Gasteiger partial charge in [-0.15, -0.1) is 0 Å². The maximum atomic E-state index is 11.9. The van der Waals surface area contributed by atoms with Gasteiger partial charge in [-0.05, 0) is 43.3 Å². The van der Waals surface area contributed by atoms with Crippen LogP contribution >= 0.6 is 0 Å². The van der Waals surface area contributed by atoms with Gasteiger partial charge in [0.25, 0.3) is 5.91 Å². The van der Waals surface area contributed by atoms with Crippen LogP contribution in [0, 0.1) is 6.92 Å². The summed E-state index contributed by atoms with van der Waals surface area (Å²) in [7, 11) is 3.40. The average Bonchev–Trinajstić information content (AvgIpc) is 2.49. The number of amides is 3. The standard InChI is InChI=1S/C17H19N3O2/c1-12-4-8-14(9-5-12)18-17(22)19-15-10-6-13(7-11-15)16(21)20(2)3/h4-11H,1-3H3,(H2,18,19,22). The third kappa shape index (κ3) is 4.09. The molecule has 0 fully saturated rings. The fraction of sp³-hybridized carbons (Fsp3) is 0.176. The Morgan fingerprint density at radius 2 is 1.27 bits per heavy atom. The van der Waals surface area contributed by atoms with Crippen LogP contribution in [0.1, 0.15) is 15.9 Å². The Morgan fingerprint density at radius 3 is 1.73 bits per heavy atom. The zero-order chi connectivity index (χ0) is 16.1. The molecule has 0 aliphatic heterocycles. The summed E-state index contributed by atoms with van der Waals surface area (Å²) >= 11 is 0. The second kappa shape index (κ2) is 6.76. The zero-order valence-corrected chi connectivity index (χ0v) is 12.9. The lowest BCUT2D eigenvalue weighted by Crippen LogP contribution is -2.22. The minimum Gasteiger partial charge on any atom is -0.345 e. The van der Waals surface area contributed by atoms with Crippen LogP contribution in [0.4, 0.5) is 16.2 Å². The van der Waals surface area contributed by atoms with Gasteiger partial charge >= 0.3 is 6.03 Å². The summed E-state index contributed by atoms with van der Waals surface area (Å²) < 4.78 is 0. The number of carbonyl (C=O) groups is 2. The molecule has 2 N–H and O–H groups in total. The summed E-state index contributed by atoms with van der Waals surface area (Å²) in [5.41, 5.74) is 3.06. The van der Waals surface area contributed by atoms with E-state index in [0.29, 0.717) is 11.3 Å². The molecular formula is C17H19N3O2. The highest BCUT2D eigenvalue weighted by atomic mass is 16.2. The Hall–Kier alpha value is -2.82. The van der Waals surface area contributed by atoms with E-state index in [1.165, 1.54) is 4.90 Å². The van der Waals surface area contributed by atoms with Crippen LogP contribution in [0.2, 0.25) is 0 Å². The quantitative estimate of drug-likeness (QED) is 0.912. The van der Waals surface area contributed by atoms with Gasteiger partial charge in [0.2, 0.25) is 0 Å². The van der Waals surface area contributed by atoms with Crippen molar-refractivity contribution in [2.75, 3.05) is 24.7 Å². The fourth-order valence-corrected chi connectivity index (χ4v) is 1.88. The van der Waals surface area contributed by atoms with Crippen molar-refractivity contribution in [1.29, 1.82) is 0 Å². The van der Waals surface area contributed by atoms with E-state index in [2.05, 4.69) is 10.6 Å². The monoisotopic (exact) mass is 297 g/mol. The van der Waals surface area contributed by atoms with E-state index in [1.807, 2.05) is 31.2 Å². The van der Waals surface area contributed by atoms with E-state index in [9.17, 15) is 9.59 Å². The highest BCUT2D eigenvalue weighted by molar-refractivity contribution is 6.00. The predicted octanol–water partition coefficient (Wildman–Crippen LogP) is 3.34. The molecule has 0 saturated carbocycles. The Labute approximate surface area is 129 Å². The number of aryl methyl sites for hydroxylation is 1. The van der Waals surface area contributed by atoms with Gasteiger partial charge in [0.1, 0.15) is 0 Å². The highest BCUT2D eigenvalue weighted by Crippen LogP contribution is 2.13. The minimum atomic E-state index is -0.324. The van der Waals surface area contributed by atoms with Crippen LogP contribution < -0.4 is 10.6 Å². The van der Waals surface area contributed by atoms with Gasteiger partial charge in [-0.1, -0.05) is 17.7 Å². The molecule has 114 valence electrons. The second-order valence-corrected chi connectivity index (χ2v) is 5.22. The molecule has 5 heteroatoms. The molecule has 0 atom stereocenters. The van der Waals surface area contributed by atoms with Gasteiger partial charge in [0.15, 0.2) is 0 Å². The van der Waals surface area contributed by atoms with Crippen LogP contribution in [0.3, 0.4) is 0 Å². The molecule has 5 nitrogen and oxygen atoms in total. The predicted molar refractivity (Wildman–Crippen MR) is 88.3 cm³/mol. The lowest BCUT2D eigenvalue weighted by Gasteiger charge is -2.11. The van der Waals surface area contributed by atoms with Gasteiger partial charge in [-0.2, -0.15) is 0 Å². The minimum absolute atomic E-state index is 0.0735. The van der Waals surface area contributed by atoms with E-state index in [1.54, 1.807) is 38.4 Å².